The fourth-order valence-corrected chi connectivity index (χ4v) is 13.8. The highest BCUT2D eigenvalue weighted by atomic mass is 32.1. The van der Waals surface area contributed by atoms with Crippen LogP contribution < -0.4 is 25.4 Å². The van der Waals surface area contributed by atoms with E-state index in [2.05, 4.69) is 63.8 Å². The van der Waals surface area contributed by atoms with Crippen molar-refractivity contribution in [1.29, 1.82) is 0 Å². The number of carbonyl (C=O) groups excluding carboxylic acids is 5. The van der Waals surface area contributed by atoms with Gasteiger partial charge in [-0.05, 0) is 159 Å². The maximum Gasteiger partial charge on any atom is 0.410 e. The number of likely N-dealkylation sites (N-methyl/N-ethyl adjacent to an activating group) is 2. The molecule has 98 heavy (non-hydrogen) atoms. The lowest BCUT2D eigenvalue weighted by Crippen LogP contribution is -2.57. The van der Waals surface area contributed by atoms with Crippen molar-refractivity contribution < 1.29 is 71.8 Å². The summed E-state index contributed by atoms with van der Waals surface area (Å²) >= 11 is 3.27. The van der Waals surface area contributed by atoms with Crippen LogP contribution in [0.4, 0.5) is 9.59 Å². The van der Waals surface area contributed by atoms with Gasteiger partial charge in [-0.1, -0.05) is 68.1 Å². The van der Waals surface area contributed by atoms with Crippen LogP contribution in [0.3, 0.4) is 0 Å². The van der Waals surface area contributed by atoms with Crippen LogP contribution >= 0.6 is 22.7 Å². The SMILES string of the molecule is C.COCCOc1ccc2ccccc2c1-c1csc([C@@H]2CCCN2)n1.COCCOc1ccc2ccccc2c1-c1csc([C@@H]2CCCN2C(=O)[C@@H](NC(=O)[C@H](C)N(C)C(=O)OC(C)(C)C)C2CCOCC2)n1.C[C@@H](C(=O)N[C@H](C(=O)O)C1CCOCC1)N(C)C(=O)OC(C)(C)C. The Morgan fingerprint density at radius 1 is 0.622 bits per heavy atom. The van der Waals surface area contributed by atoms with Crippen molar-refractivity contribution in [2.75, 3.05) is 94.3 Å². The standard InChI is InChI=1S/C36H48N4O7S.C20H22N2O2S.C16H28N2O6.CH4/c1-23(39(5)35(43)47-36(2,3)4)32(41)38-31(25-15-18-45-19-16-25)34(42)40-17-9-12-28(40)33-37-27(22-48-33)30-26-11-8-7-10-24(26)13-14-29(30)46-21-20-44-6;1-23-11-12-24-18-9-8-14-5-2-3-6-15(14)19(18)17-13-25-20(22-17)16-7-4-10-21-16;1-10(18(5)15(22)24-16(2,3)4)13(19)17-12(14(20)21)11-6-8-23-9-7-11;/h7-8,10-11,13-14,22-23,25,28,31H,9,12,15-21H2,1-6H3,(H,38,41);2-3,5-6,8-9,13,16,21H,4,7,10-12H2,1H3;10-12H,6-9H2,1-5H3,(H,17,19)(H,20,21);1H4/t23-,28-,31-;16-;10-,12-;/m000./s1. The molecule has 4 aliphatic heterocycles. The second-order valence-electron chi connectivity index (χ2n) is 26.7. The van der Waals surface area contributed by atoms with Crippen LogP contribution in [0.1, 0.15) is 136 Å². The van der Waals surface area contributed by atoms with Crippen molar-refractivity contribution >= 4 is 80.1 Å². The van der Waals surface area contributed by atoms with E-state index in [9.17, 15) is 33.9 Å². The summed E-state index contributed by atoms with van der Waals surface area (Å²) in [6, 6.07) is 21.5. The number of carboxylic acid groups (broad SMARTS) is 1. The molecule has 5 amide bonds. The van der Waals surface area contributed by atoms with E-state index in [1.807, 2.05) is 40.6 Å². The monoisotopic (exact) mass is 1390 g/mol. The summed E-state index contributed by atoms with van der Waals surface area (Å²) in [5.74, 6) is -0.816. The topological polar surface area (TPSA) is 268 Å². The molecule has 10 rings (SSSR count). The van der Waals surface area contributed by atoms with Crippen LogP contribution in [0.5, 0.6) is 11.5 Å². The number of likely N-dealkylation sites (tertiary alicyclic amines) is 1. The Kier molecular flexibility index (Phi) is 29.0. The van der Waals surface area contributed by atoms with E-state index < -0.39 is 65.3 Å². The third kappa shape index (κ3) is 21.0. The number of fused-ring (bicyclic) bond motifs is 2. The summed E-state index contributed by atoms with van der Waals surface area (Å²) in [6.45, 7) is 19.3. The number of thiazole rings is 2. The average Bonchev–Trinajstić information content (AvgIpc) is 1.39. The first-order valence-corrected chi connectivity index (χ1v) is 35.3. The number of methoxy groups -OCH3 is 2. The number of nitrogens with one attached hydrogen (secondary N) is 3. The Morgan fingerprint density at radius 2 is 1.07 bits per heavy atom. The Balaban J connectivity index is 0.000000227. The summed E-state index contributed by atoms with van der Waals surface area (Å²) in [6.07, 6.45) is 5.22. The average molecular weight is 1400 g/mol. The van der Waals surface area contributed by atoms with E-state index in [0.29, 0.717) is 91.1 Å². The Hall–Kier alpha value is -7.52. The van der Waals surface area contributed by atoms with Crippen LogP contribution in [-0.2, 0) is 47.6 Å². The number of carboxylic acids is 1. The molecular weight excluding hydrogens is 1290 g/mol. The molecule has 23 nitrogen and oxygen atoms in total. The first-order chi connectivity index (χ1) is 46.4. The number of hydrogen-bond acceptors (Lipinski definition) is 19. The van der Waals surface area contributed by atoms with Crippen molar-refractivity contribution in [1.82, 2.24) is 40.6 Å². The number of aromatic nitrogens is 2. The van der Waals surface area contributed by atoms with Crippen LogP contribution in [0, 0.1) is 11.8 Å². The van der Waals surface area contributed by atoms with Crippen LogP contribution in [-0.4, -0.2) is 195 Å². The lowest BCUT2D eigenvalue weighted by atomic mass is 9.90. The molecule has 4 N–H and O–H groups in total. The number of ether oxygens (including phenoxy) is 8. The number of carbonyl (C=O) groups is 6. The van der Waals surface area contributed by atoms with Gasteiger partial charge in [-0.3, -0.25) is 24.2 Å². The molecule has 4 aromatic carbocycles. The van der Waals surface area contributed by atoms with E-state index in [4.69, 9.17) is 47.9 Å². The second-order valence-corrected chi connectivity index (χ2v) is 28.5. The molecular formula is C73H102N8O15S2. The summed E-state index contributed by atoms with van der Waals surface area (Å²) < 4.78 is 44.0. The summed E-state index contributed by atoms with van der Waals surface area (Å²) in [7, 11) is 6.31. The van der Waals surface area contributed by atoms with Crippen molar-refractivity contribution in [3.8, 4) is 34.0 Å². The van der Waals surface area contributed by atoms with Crippen molar-refractivity contribution in [3.63, 3.8) is 0 Å². The summed E-state index contributed by atoms with van der Waals surface area (Å²) in [4.78, 5) is 91.0. The maximum atomic E-state index is 14.4. The van der Waals surface area contributed by atoms with E-state index >= 15 is 0 Å². The zero-order chi connectivity index (χ0) is 70.0. The van der Waals surface area contributed by atoms with Crippen LogP contribution in [0.2, 0.25) is 0 Å². The van der Waals surface area contributed by atoms with Gasteiger partial charge in [0.1, 0.15) is 70.1 Å². The molecule has 0 aliphatic carbocycles. The van der Waals surface area contributed by atoms with Gasteiger partial charge in [0.25, 0.3) is 0 Å². The molecule has 2 aromatic heterocycles. The number of rotatable bonds is 22. The lowest BCUT2D eigenvalue weighted by Gasteiger charge is -2.36. The maximum absolute atomic E-state index is 14.4. The smallest absolute Gasteiger partial charge is 0.410 e. The minimum Gasteiger partial charge on any atom is -0.490 e. The van der Waals surface area contributed by atoms with Gasteiger partial charge in [0, 0.05) is 72.0 Å². The predicted molar refractivity (Wildman–Crippen MR) is 381 cm³/mol. The molecule has 536 valence electrons. The van der Waals surface area contributed by atoms with Gasteiger partial charge in [-0.2, -0.15) is 0 Å². The molecule has 0 unspecified atom stereocenters. The van der Waals surface area contributed by atoms with Crippen LogP contribution in [0.25, 0.3) is 44.1 Å². The zero-order valence-corrected chi connectivity index (χ0v) is 59.8. The Morgan fingerprint density at radius 3 is 1.52 bits per heavy atom. The molecule has 4 fully saturated rings. The van der Waals surface area contributed by atoms with Gasteiger partial charge in [-0.25, -0.2) is 24.4 Å². The van der Waals surface area contributed by atoms with Crippen LogP contribution in [0.15, 0.2) is 83.6 Å². The molecule has 0 saturated carbocycles. The van der Waals surface area contributed by atoms with E-state index in [-0.39, 0.29) is 31.2 Å². The van der Waals surface area contributed by atoms with Gasteiger partial charge in [0.05, 0.1) is 47.8 Å². The zero-order valence-electron chi connectivity index (χ0n) is 58.1. The highest BCUT2D eigenvalue weighted by Crippen LogP contribution is 2.43. The van der Waals surface area contributed by atoms with Crippen molar-refractivity contribution in [3.05, 3.63) is 93.6 Å². The highest BCUT2D eigenvalue weighted by Gasteiger charge is 2.42. The molecule has 4 saturated heterocycles. The van der Waals surface area contributed by atoms with Gasteiger partial charge in [0.15, 0.2) is 0 Å². The number of amides is 5. The molecule has 6 atom stereocenters. The van der Waals surface area contributed by atoms with E-state index in [0.717, 1.165) is 74.1 Å². The fourth-order valence-electron chi connectivity index (χ4n) is 12.0. The van der Waals surface area contributed by atoms with E-state index in [1.54, 1.807) is 74.0 Å². The predicted octanol–water partition coefficient (Wildman–Crippen LogP) is 12.1. The quantitative estimate of drug-likeness (QED) is 0.0460. The molecule has 4 aliphatic rings. The number of hydrogen-bond donors (Lipinski definition) is 4. The van der Waals surface area contributed by atoms with Gasteiger partial charge in [0.2, 0.25) is 17.7 Å². The molecule has 25 heteroatoms. The Labute approximate surface area is 584 Å². The summed E-state index contributed by atoms with van der Waals surface area (Å²) in [5, 5.41) is 29.2. The van der Waals surface area contributed by atoms with Gasteiger partial charge < -0.3 is 63.9 Å². The van der Waals surface area contributed by atoms with Crippen molar-refractivity contribution in [2.45, 2.75) is 162 Å². The highest BCUT2D eigenvalue weighted by molar-refractivity contribution is 7.10. The third-order valence-electron chi connectivity index (χ3n) is 17.5. The first kappa shape index (κ1) is 77.8. The lowest BCUT2D eigenvalue weighted by molar-refractivity contribution is -0.145. The molecule has 6 aromatic rings. The number of benzene rings is 4. The number of nitrogens with zero attached hydrogens (tertiary/aromatic N) is 5. The van der Waals surface area contributed by atoms with Gasteiger partial charge >= 0.3 is 18.2 Å². The third-order valence-corrected chi connectivity index (χ3v) is 19.4. The minimum absolute atomic E-state index is 0. The number of aliphatic carboxylic acids is 1. The fraction of sp³-hybridized carbons (Fsp3) is 0.562. The Bertz CT molecular complexity index is 3590. The molecule has 0 spiro atoms. The molecule has 0 bridgehead atoms. The molecule has 0 radical (unpaired) electrons. The normalized spacial score (nSPS) is 17.9. The molecule has 6 heterocycles. The van der Waals surface area contributed by atoms with Gasteiger partial charge in [-0.15, -0.1) is 22.7 Å². The van der Waals surface area contributed by atoms with Crippen molar-refractivity contribution in [2.24, 2.45) is 11.8 Å². The van der Waals surface area contributed by atoms with E-state index in [1.165, 1.54) is 65.9 Å². The second kappa shape index (κ2) is 36.5. The summed E-state index contributed by atoms with van der Waals surface area (Å²) in [5.41, 5.74) is 2.42. The first-order valence-electron chi connectivity index (χ1n) is 33.5. The largest absolute Gasteiger partial charge is 0.490 e. The minimum atomic E-state index is -1.08.